The van der Waals surface area contributed by atoms with E-state index in [0.717, 1.165) is 0 Å². The molecule has 0 radical (unpaired) electrons. The van der Waals surface area contributed by atoms with Gasteiger partial charge >= 0.3 is 0 Å². The van der Waals surface area contributed by atoms with Crippen LogP contribution in [0.3, 0.4) is 0 Å². The summed E-state index contributed by atoms with van der Waals surface area (Å²) in [5.74, 6) is -0.496. The minimum Gasteiger partial charge on any atom is -0.506 e. The van der Waals surface area contributed by atoms with E-state index in [2.05, 4.69) is 10.6 Å². The van der Waals surface area contributed by atoms with E-state index in [4.69, 9.17) is 5.73 Å². The lowest BCUT2D eigenvalue weighted by molar-refractivity contribution is -0.122. The summed E-state index contributed by atoms with van der Waals surface area (Å²) in [5, 5.41) is 14.8. The quantitative estimate of drug-likeness (QED) is 0.474. The first kappa shape index (κ1) is 15.8. The maximum atomic E-state index is 11.9. The number of hydrogen-bond acceptors (Lipinski definition) is 4. The molecule has 0 aromatic heterocycles. The van der Waals surface area contributed by atoms with Gasteiger partial charge in [-0.15, -0.1) is 0 Å². The fraction of sp³-hybridized carbons (Fsp3) is 0.429. The van der Waals surface area contributed by atoms with Crippen LogP contribution in [-0.2, 0) is 4.79 Å². The Morgan fingerprint density at radius 3 is 2.50 bits per heavy atom. The molecule has 2 amide bonds. The fourth-order valence-corrected chi connectivity index (χ4v) is 1.49. The fourth-order valence-electron chi connectivity index (χ4n) is 1.49. The highest BCUT2D eigenvalue weighted by Crippen LogP contribution is 2.20. The molecule has 1 atom stereocenters. The summed E-state index contributed by atoms with van der Waals surface area (Å²) in [6.45, 7) is 6.13. The molecule has 0 fully saturated rings. The number of carbonyl (C=O) groups excluding carboxylic acids is 2. The molecule has 20 heavy (non-hydrogen) atoms. The Hall–Kier alpha value is -2.24. The molecule has 0 aliphatic rings. The molecule has 6 nitrogen and oxygen atoms in total. The maximum Gasteiger partial charge on any atom is 0.252 e. The predicted octanol–water partition coefficient (Wildman–Crippen LogP) is 0.865. The Morgan fingerprint density at radius 1 is 1.30 bits per heavy atom. The number of anilines is 1. The second-order valence-electron chi connectivity index (χ2n) is 5.11. The number of phenols is 1. The summed E-state index contributed by atoms with van der Waals surface area (Å²) in [6.07, 6.45) is 0. The molecule has 1 aromatic carbocycles. The van der Waals surface area contributed by atoms with Crippen LogP contribution in [-0.4, -0.2) is 29.5 Å². The van der Waals surface area contributed by atoms with Crippen molar-refractivity contribution < 1.29 is 14.7 Å². The van der Waals surface area contributed by atoms with Crippen molar-refractivity contribution in [3.63, 3.8) is 0 Å². The van der Waals surface area contributed by atoms with Crippen molar-refractivity contribution in [2.45, 2.75) is 26.8 Å². The second-order valence-corrected chi connectivity index (χ2v) is 5.11. The zero-order chi connectivity index (χ0) is 15.3. The number of nitrogens with one attached hydrogen (secondary N) is 2. The second kappa shape index (κ2) is 6.79. The number of nitrogen functional groups attached to an aromatic ring is 1. The van der Waals surface area contributed by atoms with E-state index in [1.54, 1.807) is 6.92 Å². The van der Waals surface area contributed by atoms with Crippen molar-refractivity contribution in [3.8, 4) is 5.75 Å². The van der Waals surface area contributed by atoms with Gasteiger partial charge in [-0.25, -0.2) is 0 Å². The first-order valence-electron chi connectivity index (χ1n) is 6.48. The molecule has 110 valence electrons. The average Bonchev–Trinajstić information content (AvgIpc) is 2.38. The smallest absolute Gasteiger partial charge is 0.252 e. The van der Waals surface area contributed by atoms with Gasteiger partial charge in [0, 0.05) is 12.1 Å². The summed E-state index contributed by atoms with van der Waals surface area (Å²) >= 11 is 0. The van der Waals surface area contributed by atoms with Crippen molar-refractivity contribution in [2.75, 3.05) is 12.3 Å². The highest BCUT2D eigenvalue weighted by atomic mass is 16.3. The molecule has 0 aliphatic carbocycles. The summed E-state index contributed by atoms with van der Waals surface area (Å²) in [7, 11) is 0. The molecule has 0 aliphatic heterocycles. The molecule has 0 heterocycles. The first-order valence-corrected chi connectivity index (χ1v) is 6.48. The lowest BCUT2D eigenvalue weighted by Crippen LogP contribution is -2.45. The Morgan fingerprint density at radius 2 is 1.95 bits per heavy atom. The highest BCUT2D eigenvalue weighted by molar-refractivity contribution is 5.98. The third-order valence-corrected chi connectivity index (χ3v) is 2.72. The summed E-state index contributed by atoms with van der Waals surface area (Å²) < 4.78 is 0. The molecule has 1 unspecified atom stereocenters. The van der Waals surface area contributed by atoms with Gasteiger partial charge in [0.15, 0.2) is 0 Å². The number of rotatable bonds is 5. The third kappa shape index (κ3) is 4.46. The minimum atomic E-state index is -0.652. The topological polar surface area (TPSA) is 104 Å². The van der Waals surface area contributed by atoms with Crippen LogP contribution >= 0.6 is 0 Å². The van der Waals surface area contributed by atoms with Crippen molar-refractivity contribution in [3.05, 3.63) is 23.8 Å². The average molecular weight is 279 g/mol. The molecule has 0 saturated heterocycles. The largest absolute Gasteiger partial charge is 0.506 e. The van der Waals surface area contributed by atoms with E-state index in [9.17, 15) is 14.7 Å². The van der Waals surface area contributed by atoms with Crippen molar-refractivity contribution in [1.29, 1.82) is 0 Å². The van der Waals surface area contributed by atoms with Gasteiger partial charge in [0.05, 0.1) is 5.69 Å². The van der Waals surface area contributed by atoms with Crippen molar-refractivity contribution in [1.82, 2.24) is 10.6 Å². The van der Waals surface area contributed by atoms with E-state index in [1.807, 2.05) is 13.8 Å². The Balaban J connectivity index is 2.60. The van der Waals surface area contributed by atoms with Crippen LogP contribution in [0.25, 0.3) is 0 Å². The summed E-state index contributed by atoms with van der Waals surface area (Å²) in [5.41, 5.74) is 5.91. The molecule has 0 spiro atoms. The third-order valence-electron chi connectivity index (χ3n) is 2.72. The van der Waals surface area contributed by atoms with Gasteiger partial charge in [-0.1, -0.05) is 13.8 Å². The van der Waals surface area contributed by atoms with Crippen molar-refractivity contribution >= 4 is 17.5 Å². The van der Waals surface area contributed by atoms with Crippen LogP contribution < -0.4 is 16.4 Å². The first-order chi connectivity index (χ1) is 9.31. The van der Waals surface area contributed by atoms with Crippen LogP contribution in [0.4, 0.5) is 5.69 Å². The Bertz CT molecular complexity index is 500. The van der Waals surface area contributed by atoms with Gasteiger partial charge in [0.25, 0.3) is 5.91 Å². The molecule has 5 N–H and O–H groups in total. The number of phenolic OH excluding ortho intramolecular Hbond substituents is 1. The summed E-state index contributed by atoms with van der Waals surface area (Å²) in [4.78, 5) is 23.7. The van der Waals surface area contributed by atoms with Gasteiger partial charge in [0.2, 0.25) is 5.91 Å². The zero-order valence-corrected chi connectivity index (χ0v) is 11.9. The van der Waals surface area contributed by atoms with E-state index in [1.165, 1.54) is 18.2 Å². The number of nitrogens with two attached hydrogens (primary N) is 1. The molecule has 1 rings (SSSR count). The molecular weight excluding hydrogens is 258 g/mol. The predicted molar refractivity (Wildman–Crippen MR) is 77.3 cm³/mol. The van der Waals surface area contributed by atoms with Crippen LogP contribution in [0.1, 0.15) is 31.1 Å². The molecule has 0 bridgehead atoms. The lowest BCUT2D eigenvalue weighted by Gasteiger charge is -2.15. The number of aromatic hydroxyl groups is 1. The highest BCUT2D eigenvalue weighted by Gasteiger charge is 2.17. The Labute approximate surface area is 118 Å². The van der Waals surface area contributed by atoms with Crippen LogP contribution in [0.2, 0.25) is 0 Å². The number of amides is 2. The van der Waals surface area contributed by atoms with Gasteiger partial charge < -0.3 is 21.5 Å². The van der Waals surface area contributed by atoms with Gasteiger partial charge in [-0.05, 0) is 31.0 Å². The van der Waals surface area contributed by atoms with Crippen LogP contribution in [0, 0.1) is 5.92 Å². The number of benzene rings is 1. The van der Waals surface area contributed by atoms with E-state index >= 15 is 0 Å². The van der Waals surface area contributed by atoms with Gasteiger partial charge in [0.1, 0.15) is 11.8 Å². The zero-order valence-electron chi connectivity index (χ0n) is 11.9. The molecule has 0 saturated carbocycles. The van der Waals surface area contributed by atoms with Gasteiger partial charge in [-0.2, -0.15) is 0 Å². The van der Waals surface area contributed by atoms with E-state index in [-0.39, 0.29) is 22.9 Å². The molecule has 1 aromatic rings. The molecular formula is C14H21N3O3. The van der Waals surface area contributed by atoms with Crippen LogP contribution in [0.15, 0.2) is 18.2 Å². The minimum absolute atomic E-state index is 0.158. The number of carbonyl (C=O) groups is 2. The SMILES string of the molecule is CC(C)CNC(=O)C(C)NC(=O)c1ccc(N)c(O)c1. The molecule has 6 heteroatoms. The van der Waals surface area contributed by atoms with Crippen LogP contribution in [0.5, 0.6) is 5.75 Å². The normalized spacial score (nSPS) is 12.0. The maximum absolute atomic E-state index is 11.9. The standard InChI is InChI=1S/C14H21N3O3/c1-8(2)7-16-13(19)9(3)17-14(20)10-4-5-11(15)12(18)6-10/h4-6,8-9,18H,7,15H2,1-3H3,(H,16,19)(H,17,20). The Kier molecular flexibility index (Phi) is 5.37. The van der Waals surface area contributed by atoms with E-state index < -0.39 is 11.9 Å². The van der Waals surface area contributed by atoms with Crippen molar-refractivity contribution in [2.24, 2.45) is 5.92 Å². The van der Waals surface area contributed by atoms with Gasteiger partial charge in [-0.3, -0.25) is 9.59 Å². The lowest BCUT2D eigenvalue weighted by atomic mass is 10.1. The van der Waals surface area contributed by atoms with E-state index in [0.29, 0.717) is 12.5 Å². The summed E-state index contributed by atoms with van der Waals surface area (Å²) in [6, 6.07) is 3.54. The monoisotopic (exact) mass is 279 g/mol. The number of hydrogen-bond donors (Lipinski definition) is 4.